The molecule has 1 aromatic rings. The van der Waals surface area contributed by atoms with Crippen LogP contribution in [0.15, 0.2) is 30.3 Å². The lowest BCUT2D eigenvalue weighted by Gasteiger charge is -2.36. The third-order valence-electron chi connectivity index (χ3n) is 5.84. The van der Waals surface area contributed by atoms with Crippen molar-refractivity contribution in [2.75, 3.05) is 33.7 Å². The molecule has 1 aromatic carbocycles. The quantitative estimate of drug-likeness (QED) is 0.841. The summed E-state index contributed by atoms with van der Waals surface area (Å²) in [6, 6.07) is 10.4. The van der Waals surface area contributed by atoms with Crippen molar-refractivity contribution in [3.63, 3.8) is 0 Å². The first-order valence-corrected chi connectivity index (χ1v) is 9.27. The molecule has 0 unspecified atom stereocenters. The van der Waals surface area contributed by atoms with Crippen LogP contribution in [0.1, 0.15) is 37.8 Å². The normalized spacial score (nSPS) is 23.7. The Labute approximate surface area is 150 Å². The molecule has 25 heavy (non-hydrogen) atoms. The number of carbonyl (C=O) groups excluding carboxylic acids is 2. The molecule has 0 saturated carbocycles. The highest BCUT2D eigenvalue weighted by molar-refractivity contribution is 5.89. The van der Waals surface area contributed by atoms with Crippen molar-refractivity contribution in [1.82, 2.24) is 14.7 Å². The van der Waals surface area contributed by atoms with Crippen LogP contribution in [0.25, 0.3) is 0 Å². The van der Waals surface area contributed by atoms with Crippen LogP contribution in [0.3, 0.4) is 0 Å². The lowest BCUT2D eigenvalue weighted by atomic mass is 10.0. The Balaban J connectivity index is 1.62. The fraction of sp³-hybridized carbons (Fsp3) is 0.600. The highest BCUT2D eigenvalue weighted by atomic mass is 16.2. The van der Waals surface area contributed by atoms with E-state index in [1.165, 1.54) is 0 Å². The summed E-state index contributed by atoms with van der Waals surface area (Å²) in [5.41, 5.74) is 1.12. The molecule has 2 fully saturated rings. The van der Waals surface area contributed by atoms with E-state index in [9.17, 15) is 9.59 Å². The van der Waals surface area contributed by atoms with Crippen LogP contribution in [-0.2, 0) is 9.59 Å². The van der Waals surface area contributed by atoms with Gasteiger partial charge in [0.05, 0.1) is 12.0 Å². The summed E-state index contributed by atoms with van der Waals surface area (Å²) >= 11 is 0. The molecule has 5 nitrogen and oxygen atoms in total. The number of benzene rings is 1. The zero-order chi connectivity index (χ0) is 18.0. The molecule has 0 spiro atoms. The lowest BCUT2D eigenvalue weighted by molar-refractivity contribution is -0.137. The smallest absolute Gasteiger partial charge is 0.227 e. The average molecular weight is 343 g/mol. The van der Waals surface area contributed by atoms with Gasteiger partial charge in [0, 0.05) is 26.1 Å². The molecule has 0 N–H and O–H groups in total. The minimum absolute atomic E-state index is 0.0140. The zero-order valence-corrected chi connectivity index (χ0v) is 15.5. The van der Waals surface area contributed by atoms with Gasteiger partial charge in [0.2, 0.25) is 11.8 Å². The third-order valence-corrected chi connectivity index (χ3v) is 5.84. The predicted molar refractivity (Wildman–Crippen MR) is 98.0 cm³/mol. The molecule has 0 aliphatic carbocycles. The second-order valence-electron chi connectivity index (χ2n) is 7.52. The molecule has 3 rings (SSSR count). The van der Waals surface area contributed by atoms with Gasteiger partial charge in [-0.25, -0.2) is 0 Å². The number of nitrogens with zero attached hydrogens (tertiary/aromatic N) is 3. The largest absolute Gasteiger partial charge is 0.342 e. The second-order valence-corrected chi connectivity index (χ2v) is 7.52. The van der Waals surface area contributed by atoms with Crippen LogP contribution in [0.5, 0.6) is 0 Å². The molecule has 2 heterocycles. The molecule has 2 saturated heterocycles. The van der Waals surface area contributed by atoms with Crippen molar-refractivity contribution in [2.24, 2.45) is 5.92 Å². The summed E-state index contributed by atoms with van der Waals surface area (Å²) in [7, 11) is 4.03. The molecule has 136 valence electrons. The van der Waals surface area contributed by atoms with E-state index in [4.69, 9.17) is 0 Å². The van der Waals surface area contributed by atoms with E-state index < -0.39 is 0 Å². The fourth-order valence-corrected chi connectivity index (χ4v) is 4.03. The number of carbonyl (C=O) groups is 2. The minimum Gasteiger partial charge on any atom is -0.342 e. The summed E-state index contributed by atoms with van der Waals surface area (Å²) in [4.78, 5) is 31.5. The summed E-state index contributed by atoms with van der Waals surface area (Å²) in [6.07, 6.45) is 2.38. The van der Waals surface area contributed by atoms with Gasteiger partial charge in [0.25, 0.3) is 0 Å². The Hall–Kier alpha value is -1.88. The Morgan fingerprint density at radius 2 is 1.84 bits per heavy atom. The number of amides is 2. The number of hydrogen-bond acceptors (Lipinski definition) is 3. The first-order valence-electron chi connectivity index (χ1n) is 9.27. The molecule has 2 aliphatic heterocycles. The summed E-state index contributed by atoms with van der Waals surface area (Å²) in [5.74, 6) is 0.0143. The first-order chi connectivity index (χ1) is 12.0. The van der Waals surface area contributed by atoms with Crippen molar-refractivity contribution in [1.29, 1.82) is 0 Å². The minimum atomic E-state index is -0.205. The maximum atomic E-state index is 12.9. The second kappa shape index (κ2) is 7.56. The van der Waals surface area contributed by atoms with E-state index in [-0.39, 0.29) is 23.8 Å². The van der Waals surface area contributed by atoms with E-state index in [0.717, 1.165) is 31.5 Å². The van der Waals surface area contributed by atoms with Crippen LogP contribution in [0.2, 0.25) is 0 Å². The molecule has 0 bridgehead atoms. The molecule has 5 heteroatoms. The summed E-state index contributed by atoms with van der Waals surface area (Å²) in [6.45, 7) is 4.64. The maximum Gasteiger partial charge on any atom is 0.227 e. The molecule has 0 aromatic heterocycles. The van der Waals surface area contributed by atoms with E-state index in [1.54, 1.807) is 0 Å². The predicted octanol–water partition coefficient (Wildman–Crippen LogP) is 2.15. The number of likely N-dealkylation sites (tertiary alicyclic amines) is 2. The van der Waals surface area contributed by atoms with Gasteiger partial charge in [0.1, 0.15) is 0 Å². The monoisotopic (exact) mass is 343 g/mol. The molecule has 2 atom stereocenters. The van der Waals surface area contributed by atoms with Gasteiger partial charge in [-0.05, 0) is 45.5 Å². The number of piperidine rings is 1. The van der Waals surface area contributed by atoms with Crippen molar-refractivity contribution in [3.05, 3.63) is 35.9 Å². The number of rotatable bonds is 4. The van der Waals surface area contributed by atoms with Gasteiger partial charge in [-0.2, -0.15) is 0 Å². The van der Waals surface area contributed by atoms with Crippen LogP contribution in [0, 0.1) is 5.92 Å². The Kier molecular flexibility index (Phi) is 5.42. The van der Waals surface area contributed by atoms with E-state index in [1.807, 2.05) is 54.1 Å². The van der Waals surface area contributed by atoms with Crippen molar-refractivity contribution in [2.45, 2.75) is 38.3 Å². The number of hydrogen-bond donors (Lipinski definition) is 0. The van der Waals surface area contributed by atoms with Crippen LogP contribution in [-0.4, -0.2) is 66.3 Å². The van der Waals surface area contributed by atoms with Gasteiger partial charge in [-0.3, -0.25) is 9.59 Å². The Morgan fingerprint density at radius 1 is 1.20 bits per heavy atom. The van der Waals surface area contributed by atoms with Gasteiger partial charge in [-0.15, -0.1) is 0 Å². The van der Waals surface area contributed by atoms with Gasteiger partial charge >= 0.3 is 0 Å². The highest BCUT2D eigenvalue weighted by Gasteiger charge is 2.39. The van der Waals surface area contributed by atoms with Gasteiger partial charge < -0.3 is 14.7 Å². The zero-order valence-electron chi connectivity index (χ0n) is 15.5. The van der Waals surface area contributed by atoms with Crippen molar-refractivity contribution < 1.29 is 9.59 Å². The third kappa shape index (κ3) is 3.87. The molecular weight excluding hydrogens is 314 g/mol. The topological polar surface area (TPSA) is 43.9 Å². The maximum absolute atomic E-state index is 12.9. The van der Waals surface area contributed by atoms with Gasteiger partial charge in [-0.1, -0.05) is 30.3 Å². The Bertz CT molecular complexity index is 611. The van der Waals surface area contributed by atoms with Crippen LogP contribution < -0.4 is 0 Å². The standard InChI is InChI=1S/C20H29N3O2/c1-15(16-7-5-4-6-8-16)23-14-17(13-19(23)24)20(25)22(3)18-9-11-21(2)12-10-18/h4-8,15,17-18H,9-14H2,1-3H3/t15-,17+/m1/s1. The summed E-state index contributed by atoms with van der Waals surface area (Å²) < 4.78 is 0. The van der Waals surface area contributed by atoms with E-state index in [0.29, 0.717) is 19.0 Å². The van der Waals surface area contributed by atoms with E-state index >= 15 is 0 Å². The first kappa shape index (κ1) is 17.9. The van der Waals surface area contributed by atoms with Crippen LogP contribution >= 0.6 is 0 Å². The average Bonchev–Trinajstić information content (AvgIpc) is 3.03. The SMILES string of the molecule is C[C@H](c1ccccc1)N1C[C@@H](C(=O)N(C)C2CCN(C)CC2)CC1=O. The molecular formula is C20H29N3O2. The van der Waals surface area contributed by atoms with E-state index in [2.05, 4.69) is 11.9 Å². The van der Waals surface area contributed by atoms with Crippen molar-refractivity contribution >= 4 is 11.8 Å². The van der Waals surface area contributed by atoms with Crippen LogP contribution in [0.4, 0.5) is 0 Å². The highest BCUT2D eigenvalue weighted by Crippen LogP contribution is 2.30. The molecule has 0 radical (unpaired) electrons. The fourth-order valence-electron chi connectivity index (χ4n) is 4.03. The Morgan fingerprint density at radius 3 is 2.48 bits per heavy atom. The lowest BCUT2D eigenvalue weighted by Crippen LogP contribution is -2.46. The van der Waals surface area contributed by atoms with Gasteiger partial charge in [0.15, 0.2) is 0 Å². The molecule has 2 amide bonds. The molecule has 2 aliphatic rings. The van der Waals surface area contributed by atoms with Crippen molar-refractivity contribution in [3.8, 4) is 0 Å². The summed E-state index contributed by atoms with van der Waals surface area (Å²) in [5, 5.41) is 0.